The van der Waals surface area contributed by atoms with Crippen molar-refractivity contribution < 1.29 is 23.6 Å². The molecule has 128 valence electrons. The minimum Gasteiger partial charge on any atom is -0.467 e. The molecule has 1 saturated carbocycles. The van der Waals surface area contributed by atoms with Crippen LogP contribution in [-0.2, 0) is 16.1 Å². The first-order chi connectivity index (χ1) is 11.5. The van der Waals surface area contributed by atoms with Crippen LogP contribution in [0, 0.1) is 0 Å². The van der Waals surface area contributed by atoms with Gasteiger partial charge in [-0.25, -0.2) is 9.59 Å². The first-order valence-electron chi connectivity index (χ1n) is 7.74. The highest BCUT2D eigenvalue weighted by atomic mass is 16.3. The molecule has 0 bridgehead atoms. The summed E-state index contributed by atoms with van der Waals surface area (Å²) in [5.74, 6) is -0.587. The van der Waals surface area contributed by atoms with Crippen molar-refractivity contribution in [3.63, 3.8) is 0 Å². The summed E-state index contributed by atoms with van der Waals surface area (Å²) >= 11 is 0. The highest BCUT2D eigenvalue weighted by Crippen LogP contribution is 2.34. The fraction of sp³-hybridized carbons (Fsp3) is 0.467. The normalized spacial score (nSPS) is 18.8. The Kier molecular flexibility index (Phi) is 4.24. The molecule has 2 heterocycles. The van der Waals surface area contributed by atoms with Gasteiger partial charge in [0.05, 0.1) is 12.8 Å². The zero-order chi connectivity index (χ0) is 17.2. The summed E-state index contributed by atoms with van der Waals surface area (Å²) in [4.78, 5) is 48.7. The van der Waals surface area contributed by atoms with E-state index in [1.165, 1.54) is 6.26 Å². The predicted molar refractivity (Wildman–Crippen MR) is 80.5 cm³/mol. The average Bonchev–Trinajstić information content (AvgIpc) is 3.25. The van der Waals surface area contributed by atoms with Gasteiger partial charge in [0.1, 0.15) is 17.8 Å². The van der Waals surface area contributed by atoms with E-state index < -0.39 is 36.0 Å². The number of carbonyl (C=O) groups excluding carboxylic acids is 4. The van der Waals surface area contributed by atoms with E-state index in [0.29, 0.717) is 18.6 Å². The van der Waals surface area contributed by atoms with Crippen LogP contribution in [0.5, 0.6) is 0 Å². The fourth-order valence-corrected chi connectivity index (χ4v) is 3.07. The molecule has 0 aromatic carbocycles. The molecule has 1 aliphatic carbocycles. The van der Waals surface area contributed by atoms with E-state index in [1.807, 2.05) is 0 Å². The van der Waals surface area contributed by atoms with E-state index in [-0.39, 0.29) is 6.54 Å². The molecule has 9 heteroatoms. The van der Waals surface area contributed by atoms with Crippen molar-refractivity contribution in [2.75, 3.05) is 6.54 Å². The van der Waals surface area contributed by atoms with Gasteiger partial charge in [-0.1, -0.05) is 12.8 Å². The molecule has 0 radical (unpaired) electrons. The molecule has 24 heavy (non-hydrogen) atoms. The van der Waals surface area contributed by atoms with Gasteiger partial charge in [0, 0.05) is 0 Å². The summed E-state index contributed by atoms with van der Waals surface area (Å²) in [6, 6.07) is 2.04. The molecule has 2 aliphatic rings. The van der Waals surface area contributed by atoms with E-state index in [9.17, 15) is 19.2 Å². The molecule has 1 aromatic rings. The zero-order valence-electron chi connectivity index (χ0n) is 13.0. The molecule has 1 aliphatic heterocycles. The van der Waals surface area contributed by atoms with Crippen molar-refractivity contribution in [1.82, 2.24) is 20.9 Å². The average molecular weight is 334 g/mol. The van der Waals surface area contributed by atoms with Crippen molar-refractivity contribution in [3.05, 3.63) is 24.2 Å². The first-order valence-corrected chi connectivity index (χ1v) is 7.74. The summed E-state index contributed by atoms with van der Waals surface area (Å²) in [5, 5.41) is 7.20. The van der Waals surface area contributed by atoms with Crippen LogP contribution in [0.3, 0.4) is 0 Å². The maximum absolute atomic E-state index is 12.4. The third kappa shape index (κ3) is 3.10. The van der Waals surface area contributed by atoms with Gasteiger partial charge in [0.15, 0.2) is 0 Å². The van der Waals surface area contributed by atoms with E-state index in [1.54, 1.807) is 12.1 Å². The summed E-state index contributed by atoms with van der Waals surface area (Å²) in [6.07, 6.45) is 4.36. The van der Waals surface area contributed by atoms with Crippen LogP contribution in [-0.4, -0.2) is 40.9 Å². The number of nitrogens with zero attached hydrogens (tertiary/aromatic N) is 1. The summed E-state index contributed by atoms with van der Waals surface area (Å²) in [7, 11) is 0. The van der Waals surface area contributed by atoms with E-state index in [4.69, 9.17) is 4.42 Å². The van der Waals surface area contributed by atoms with E-state index in [2.05, 4.69) is 16.0 Å². The third-order valence-electron chi connectivity index (χ3n) is 4.26. The number of hydrogen-bond acceptors (Lipinski definition) is 5. The SMILES string of the molecule is O=C(CN1C(=O)NC2(CCCC2)C1=O)NC(=O)NCc1ccco1. The standard InChI is InChI=1S/C15H18N4O5/c20-11(17-13(22)16-8-10-4-3-7-24-10)9-19-12(21)15(18-14(19)23)5-1-2-6-15/h3-4,7H,1-2,5-6,8-9H2,(H,18,23)(H2,16,17,20,22). The van der Waals surface area contributed by atoms with Gasteiger partial charge in [-0.3, -0.25) is 19.8 Å². The summed E-state index contributed by atoms with van der Waals surface area (Å²) in [5.41, 5.74) is -0.862. The summed E-state index contributed by atoms with van der Waals surface area (Å²) in [6.45, 7) is -0.362. The quantitative estimate of drug-likeness (QED) is 0.691. The third-order valence-corrected chi connectivity index (χ3v) is 4.26. The van der Waals surface area contributed by atoms with Crippen molar-refractivity contribution in [2.24, 2.45) is 0 Å². The molecule has 0 atom stereocenters. The van der Waals surface area contributed by atoms with Gasteiger partial charge >= 0.3 is 12.1 Å². The van der Waals surface area contributed by atoms with Gasteiger partial charge < -0.3 is 15.1 Å². The van der Waals surface area contributed by atoms with Crippen LogP contribution in [0.25, 0.3) is 0 Å². The Labute approximate surface area is 137 Å². The number of urea groups is 2. The van der Waals surface area contributed by atoms with Crippen LogP contribution in [0.2, 0.25) is 0 Å². The topological polar surface area (TPSA) is 121 Å². The Morgan fingerprint density at radius 2 is 2.04 bits per heavy atom. The smallest absolute Gasteiger partial charge is 0.325 e. The predicted octanol–water partition coefficient (Wildman–Crippen LogP) is 0.470. The number of carbonyl (C=O) groups is 4. The molecule has 2 fully saturated rings. The lowest BCUT2D eigenvalue weighted by molar-refractivity contribution is -0.134. The molecule has 1 aromatic heterocycles. The monoisotopic (exact) mass is 334 g/mol. The highest BCUT2D eigenvalue weighted by molar-refractivity contribution is 6.10. The fourth-order valence-electron chi connectivity index (χ4n) is 3.07. The van der Waals surface area contributed by atoms with Crippen molar-refractivity contribution in [3.8, 4) is 0 Å². The lowest BCUT2D eigenvalue weighted by atomic mass is 9.98. The van der Waals surface area contributed by atoms with Gasteiger partial charge in [0.2, 0.25) is 5.91 Å². The molecular formula is C15H18N4O5. The van der Waals surface area contributed by atoms with Crippen LogP contribution in [0.4, 0.5) is 9.59 Å². The second-order valence-corrected chi connectivity index (χ2v) is 5.92. The Bertz CT molecular complexity index is 663. The number of nitrogens with one attached hydrogen (secondary N) is 3. The number of rotatable bonds is 4. The van der Waals surface area contributed by atoms with Gasteiger partial charge in [-0.05, 0) is 25.0 Å². The lowest BCUT2D eigenvalue weighted by Crippen LogP contribution is -2.47. The minimum absolute atomic E-state index is 0.123. The Morgan fingerprint density at radius 3 is 2.71 bits per heavy atom. The number of furan rings is 1. The molecular weight excluding hydrogens is 316 g/mol. The second kappa shape index (κ2) is 6.34. The molecule has 3 rings (SSSR count). The van der Waals surface area contributed by atoms with Crippen LogP contribution < -0.4 is 16.0 Å². The van der Waals surface area contributed by atoms with Gasteiger partial charge in [-0.2, -0.15) is 0 Å². The van der Waals surface area contributed by atoms with Gasteiger partial charge in [-0.15, -0.1) is 0 Å². The lowest BCUT2D eigenvalue weighted by Gasteiger charge is -2.19. The van der Waals surface area contributed by atoms with E-state index >= 15 is 0 Å². The Balaban J connectivity index is 1.50. The zero-order valence-corrected chi connectivity index (χ0v) is 13.0. The summed E-state index contributed by atoms with van der Waals surface area (Å²) < 4.78 is 5.04. The van der Waals surface area contributed by atoms with Crippen LogP contribution in [0.1, 0.15) is 31.4 Å². The minimum atomic E-state index is -0.862. The number of imide groups is 2. The van der Waals surface area contributed by atoms with Gasteiger partial charge in [0.25, 0.3) is 5.91 Å². The number of amides is 6. The molecule has 1 spiro atoms. The molecule has 9 nitrogen and oxygen atoms in total. The maximum Gasteiger partial charge on any atom is 0.325 e. The Hall–Kier alpha value is -2.84. The first kappa shape index (κ1) is 16.0. The van der Waals surface area contributed by atoms with E-state index in [0.717, 1.165) is 17.7 Å². The molecule has 0 unspecified atom stereocenters. The maximum atomic E-state index is 12.4. The van der Waals surface area contributed by atoms with Crippen molar-refractivity contribution in [1.29, 1.82) is 0 Å². The van der Waals surface area contributed by atoms with Crippen LogP contribution >= 0.6 is 0 Å². The number of hydrogen-bond donors (Lipinski definition) is 3. The highest BCUT2D eigenvalue weighted by Gasteiger charge is 2.52. The Morgan fingerprint density at radius 1 is 1.29 bits per heavy atom. The molecule has 1 saturated heterocycles. The van der Waals surface area contributed by atoms with Crippen LogP contribution in [0.15, 0.2) is 22.8 Å². The molecule has 6 amide bonds. The second-order valence-electron chi connectivity index (χ2n) is 5.92. The largest absolute Gasteiger partial charge is 0.467 e. The molecule has 3 N–H and O–H groups in total. The van der Waals surface area contributed by atoms with Crippen molar-refractivity contribution in [2.45, 2.75) is 37.8 Å². The van der Waals surface area contributed by atoms with Crippen molar-refractivity contribution >= 4 is 23.9 Å².